The SMILES string of the molecule is CS(=O)(=O)NC1(CN2CCC(CC(=O)Cc3cc(C(F)(F)F)cc(C(F)(F)F)c3)CC2)CCCC1. The molecule has 0 atom stereocenters. The molecule has 3 rings (SSSR count). The van der Waals surface area contributed by atoms with Gasteiger partial charge >= 0.3 is 12.4 Å². The van der Waals surface area contributed by atoms with E-state index in [1.165, 1.54) is 0 Å². The van der Waals surface area contributed by atoms with E-state index in [0.29, 0.717) is 44.6 Å². The van der Waals surface area contributed by atoms with E-state index in [-0.39, 0.29) is 24.0 Å². The van der Waals surface area contributed by atoms with E-state index in [1.54, 1.807) is 0 Å². The second-order valence-corrected chi connectivity index (χ2v) is 11.7. The minimum atomic E-state index is -4.95. The maximum absolute atomic E-state index is 13.1. The fourth-order valence-corrected chi connectivity index (χ4v) is 6.31. The molecule has 1 aromatic rings. The molecule has 0 bridgehead atoms. The van der Waals surface area contributed by atoms with Crippen LogP contribution in [0.2, 0.25) is 0 Å². The molecule has 5 nitrogen and oxygen atoms in total. The van der Waals surface area contributed by atoms with Crippen molar-refractivity contribution in [3.63, 3.8) is 0 Å². The number of rotatable bonds is 8. The van der Waals surface area contributed by atoms with Crippen LogP contribution in [-0.2, 0) is 33.6 Å². The van der Waals surface area contributed by atoms with Crippen LogP contribution in [-0.4, -0.2) is 50.5 Å². The smallest absolute Gasteiger partial charge is 0.301 e. The highest BCUT2D eigenvalue weighted by Gasteiger charge is 2.39. The van der Waals surface area contributed by atoms with Crippen LogP contribution in [0, 0.1) is 5.92 Å². The molecule has 198 valence electrons. The van der Waals surface area contributed by atoms with Gasteiger partial charge in [0.15, 0.2) is 0 Å². The lowest BCUT2D eigenvalue weighted by atomic mass is 9.88. The summed E-state index contributed by atoms with van der Waals surface area (Å²) in [5.74, 6) is -0.420. The number of alkyl halides is 6. The van der Waals surface area contributed by atoms with Crippen molar-refractivity contribution in [3.8, 4) is 0 Å². The van der Waals surface area contributed by atoms with Gasteiger partial charge in [0.2, 0.25) is 10.0 Å². The van der Waals surface area contributed by atoms with E-state index in [0.717, 1.165) is 31.9 Å². The molecule has 2 fully saturated rings. The van der Waals surface area contributed by atoms with Crippen molar-refractivity contribution in [1.82, 2.24) is 9.62 Å². The standard InChI is InChI=1S/C23H30F6N2O3S/c1-35(33,34)30-21(6-2-3-7-21)15-31-8-4-16(5-9-31)12-20(32)13-17-10-18(22(24,25)26)14-19(11-17)23(27,28)29/h10-11,14,16,30H,2-9,12-13,15H2,1H3. The quantitative estimate of drug-likeness (QED) is 0.493. The van der Waals surface area contributed by atoms with Gasteiger partial charge < -0.3 is 4.90 Å². The van der Waals surface area contributed by atoms with Crippen molar-refractivity contribution in [2.24, 2.45) is 5.92 Å². The predicted molar refractivity (Wildman–Crippen MR) is 118 cm³/mol. The van der Waals surface area contributed by atoms with Crippen LogP contribution in [0.15, 0.2) is 18.2 Å². The summed E-state index contributed by atoms with van der Waals surface area (Å²) in [5.41, 5.74) is -3.64. The zero-order valence-electron chi connectivity index (χ0n) is 19.4. The van der Waals surface area contributed by atoms with E-state index in [4.69, 9.17) is 0 Å². The van der Waals surface area contributed by atoms with E-state index in [9.17, 15) is 39.6 Å². The van der Waals surface area contributed by atoms with Gasteiger partial charge in [0.1, 0.15) is 5.78 Å². The normalized spacial score (nSPS) is 20.3. The number of ketones is 1. The molecule has 1 saturated heterocycles. The van der Waals surface area contributed by atoms with E-state index >= 15 is 0 Å². The molecule has 0 unspecified atom stereocenters. The summed E-state index contributed by atoms with van der Waals surface area (Å²) in [6.45, 7) is 1.87. The molecular formula is C23H30F6N2O3S. The van der Waals surface area contributed by atoms with Crippen LogP contribution in [0.25, 0.3) is 0 Å². The molecule has 1 saturated carbocycles. The Balaban J connectivity index is 1.57. The Morgan fingerprint density at radius 2 is 1.51 bits per heavy atom. The fraction of sp³-hybridized carbons (Fsp3) is 0.696. The lowest BCUT2D eigenvalue weighted by Crippen LogP contribution is -2.54. The molecule has 1 aromatic carbocycles. The molecule has 1 heterocycles. The van der Waals surface area contributed by atoms with Crippen molar-refractivity contribution in [1.29, 1.82) is 0 Å². The number of piperidine rings is 1. The summed E-state index contributed by atoms with van der Waals surface area (Å²) in [4.78, 5) is 14.7. The third-order valence-electron chi connectivity index (χ3n) is 6.76. The number of benzene rings is 1. The summed E-state index contributed by atoms with van der Waals surface area (Å²) >= 11 is 0. The Labute approximate surface area is 201 Å². The Kier molecular flexibility index (Phi) is 8.27. The highest BCUT2D eigenvalue weighted by molar-refractivity contribution is 7.88. The Morgan fingerprint density at radius 3 is 1.97 bits per heavy atom. The van der Waals surface area contributed by atoms with Crippen LogP contribution in [0.5, 0.6) is 0 Å². The van der Waals surface area contributed by atoms with E-state index in [1.807, 2.05) is 0 Å². The zero-order valence-corrected chi connectivity index (χ0v) is 20.3. The number of sulfonamides is 1. The number of likely N-dealkylation sites (tertiary alicyclic amines) is 1. The van der Waals surface area contributed by atoms with Crippen LogP contribution in [0.1, 0.15) is 61.6 Å². The van der Waals surface area contributed by atoms with Crippen molar-refractivity contribution < 1.29 is 39.6 Å². The Hall–Kier alpha value is -1.66. The molecule has 1 N–H and O–H groups in total. The lowest BCUT2D eigenvalue weighted by molar-refractivity contribution is -0.143. The van der Waals surface area contributed by atoms with Gasteiger partial charge in [-0.15, -0.1) is 0 Å². The van der Waals surface area contributed by atoms with Crippen LogP contribution in [0.3, 0.4) is 0 Å². The summed E-state index contributed by atoms with van der Waals surface area (Å²) in [7, 11) is -3.36. The highest BCUT2D eigenvalue weighted by atomic mass is 32.2. The number of hydrogen-bond acceptors (Lipinski definition) is 4. The van der Waals surface area contributed by atoms with Gasteiger partial charge in [-0.25, -0.2) is 13.1 Å². The minimum Gasteiger partial charge on any atom is -0.301 e. The van der Waals surface area contributed by atoms with E-state index < -0.39 is 51.2 Å². The third kappa shape index (κ3) is 8.18. The van der Waals surface area contributed by atoms with Gasteiger partial charge in [-0.2, -0.15) is 26.3 Å². The van der Waals surface area contributed by atoms with E-state index in [2.05, 4.69) is 9.62 Å². The number of nitrogens with one attached hydrogen (secondary N) is 1. The van der Waals surface area contributed by atoms with Gasteiger partial charge in [-0.1, -0.05) is 12.8 Å². The number of Topliss-reactive ketones (excluding diaryl/α,β-unsaturated/α-hetero) is 1. The molecule has 1 aliphatic carbocycles. The maximum Gasteiger partial charge on any atom is 0.416 e. The lowest BCUT2D eigenvalue weighted by Gasteiger charge is -2.39. The molecule has 2 aliphatic rings. The molecule has 1 aliphatic heterocycles. The first-order valence-electron chi connectivity index (χ1n) is 11.6. The molecule has 35 heavy (non-hydrogen) atoms. The molecule has 12 heteroatoms. The average molecular weight is 529 g/mol. The topological polar surface area (TPSA) is 66.5 Å². The molecule has 0 aromatic heterocycles. The number of halogens is 6. The van der Waals surface area contributed by atoms with Gasteiger partial charge in [-0.3, -0.25) is 4.79 Å². The first-order valence-corrected chi connectivity index (χ1v) is 13.5. The molecule has 0 amide bonds. The largest absolute Gasteiger partial charge is 0.416 e. The first-order chi connectivity index (χ1) is 16.0. The predicted octanol–water partition coefficient (Wildman–Crippen LogP) is 4.80. The third-order valence-corrected chi connectivity index (χ3v) is 7.56. The summed E-state index contributed by atoms with van der Waals surface area (Å²) in [5, 5.41) is 0. The van der Waals surface area contributed by atoms with Crippen LogP contribution < -0.4 is 4.72 Å². The highest BCUT2D eigenvalue weighted by Crippen LogP contribution is 2.37. The second kappa shape index (κ2) is 10.4. The number of nitrogens with zero attached hydrogens (tertiary/aromatic N) is 1. The summed E-state index contributed by atoms with van der Waals surface area (Å²) in [6.07, 6.45) is -4.46. The number of carbonyl (C=O) groups excluding carboxylic acids is 1. The van der Waals surface area contributed by atoms with Gasteiger partial charge in [0.05, 0.1) is 17.4 Å². The fourth-order valence-electron chi connectivity index (χ4n) is 5.26. The summed E-state index contributed by atoms with van der Waals surface area (Å²) < 4.78 is 105. The Bertz CT molecular complexity index is 977. The van der Waals surface area contributed by atoms with Crippen molar-refractivity contribution in [2.45, 2.75) is 69.3 Å². The molecular weight excluding hydrogens is 498 g/mol. The Morgan fingerprint density at radius 1 is 1.00 bits per heavy atom. The average Bonchev–Trinajstić information content (AvgIpc) is 3.14. The first kappa shape index (κ1) is 27.9. The molecule has 0 radical (unpaired) electrons. The van der Waals surface area contributed by atoms with Crippen molar-refractivity contribution >= 4 is 15.8 Å². The van der Waals surface area contributed by atoms with Gasteiger partial charge in [0.25, 0.3) is 0 Å². The van der Waals surface area contributed by atoms with Crippen LogP contribution >= 0.6 is 0 Å². The van der Waals surface area contributed by atoms with Gasteiger partial charge in [-0.05, 0) is 68.5 Å². The zero-order chi connectivity index (χ0) is 26.1. The minimum absolute atomic E-state index is 0.0194. The van der Waals surface area contributed by atoms with Crippen molar-refractivity contribution in [3.05, 3.63) is 34.9 Å². The number of hydrogen-bond donors (Lipinski definition) is 1. The number of carbonyl (C=O) groups is 1. The van der Waals surface area contributed by atoms with Crippen LogP contribution in [0.4, 0.5) is 26.3 Å². The maximum atomic E-state index is 13.1. The monoisotopic (exact) mass is 528 g/mol. The van der Waals surface area contributed by atoms with Gasteiger partial charge in [0, 0.05) is 24.9 Å². The van der Waals surface area contributed by atoms with Crippen molar-refractivity contribution in [2.75, 3.05) is 25.9 Å². The second-order valence-electron chi connectivity index (χ2n) is 9.91. The molecule has 0 spiro atoms. The summed E-state index contributed by atoms with van der Waals surface area (Å²) in [6, 6.07) is 1.26.